The summed E-state index contributed by atoms with van der Waals surface area (Å²) in [6.07, 6.45) is 0.819. The van der Waals surface area contributed by atoms with Gasteiger partial charge in [-0.1, -0.05) is 24.3 Å². The first-order chi connectivity index (χ1) is 13.1. The molecule has 1 amide bonds. The first-order valence-electron chi connectivity index (χ1n) is 9.59. The fourth-order valence-electron chi connectivity index (χ4n) is 3.19. The first kappa shape index (κ1) is 19.2. The molecule has 144 valence electrons. The Morgan fingerprint density at radius 3 is 2.52 bits per heavy atom. The number of piperazine rings is 1. The predicted octanol–water partition coefficient (Wildman–Crippen LogP) is 2.48. The van der Waals surface area contributed by atoms with Crippen molar-refractivity contribution < 1.29 is 9.53 Å². The molecule has 1 aliphatic rings. The van der Waals surface area contributed by atoms with Crippen LogP contribution in [0, 0.1) is 6.92 Å². The van der Waals surface area contributed by atoms with Crippen LogP contribution in [0.25, 0.3) is 0 Å². The summed E-state index contributed by atoms with van der Waals surface area (Å²) in [5, 5.41) is 2.92. The Morgan fingerprint density at radius 1 is 1.07 bits per heavy atom. The third kappa shape index (κ3) is 6.00. The van der Waals surface area contributed by atoms with Gasteiger partial charge in [0.15, 0.2) is 6.61 Å². The van der Waals surface area contributed by atoms with Gasteiger partial charge in [0.1, 0.15) is 5.75 Å². The van der Waals surface area contributed by atoms with Crippen LogP contribution in [0.15, 0.2) is 48.5 Å². The number of benzene rings is 2. The zero-order valence-electron chi connectivity index (χ0n) is 16.3. The lowest BCUT2D eigenvalue weighted by Crippen LogP contribution is -2.44. The number of amides is 1. The maximum absolute atomic E-state index is 11.9. The van der Waals surface area contributed by atoms with Crippen molar-refractivity contribution in [3.05, 3.63) is 59.7 Å². The molecule has 0 unspecified atom stereocenters. The number of rotatable bonds is 7. The molecular formula is C22H29N3O2. The molecule has 0 aromatic heterocycles. The Kier molecular flexibility index (Phi) is 6.71. The Balaban J connectivity index is 1.38. The lowest BCUT2D eigenvalue weighted by Gasteiger charge is -2.34. The molecule has 0 spiro atoms. The van der Waals surface area contributed by atoms with Crippen LogP contribution in [0.1, 0.15) is 11.1 Å². The number of hydrogen-bond donors (Lipinski definition) is 1. The molecule has 1 N–H and O–H groups in total. The van der Waals surface area contributed by atoms with Crippen LogP contribution in [0.3, 0.4) is 0 Å². The third-order valence-electron chi connectivity index (χ3n) is 4.90. The number of aryl methyl sites for hydroxylation is 1. The minimum absolute atomic E-state index is 0.0474. The number of carbonyl (C=O) groups is 1. The highest BCUT2D eigenvalue weighted by Gasteiger charge is 2.13. The molecule has 1 saturated heterocycles. The monoisotopic (exact) mass is 367 g/mol. The number of nitrogens with one attached hydrogen (secondary N) is 1. The molecule has 1 aliphatic heterocycles. The Bertz CT molecular complexity index is 737. The molecule has 2 aromatic rings. The molecule has 1 fully saturated rings. The third-order valence-corrected chi connectivity index (χ3v) is 4.90. The van der Waals surface area contributed by atoms with Crippen LogP contribution in [-0.4, -0.2) is 57.2 Å². The second-order valence-corrected chi connectivity index (χ2v) is 7.16. The lowest BCUT2D eigenvalue weighted by atomic mass is 10.1. The summed E-state index contributed by atoms with van der Waals surface area (Å²) in [6.45, 7) is 7.04. The van der Waals surface area contributed by atoms with Gasteiger partial charge in [0.2, 0.25) is 0 Å². The van der Waals surface area contributed by atoms with E-state index in [-0.39, 0.29) is 12.5 Å². The summed E-state index contributed by atoms with van der Waals surface area (Å²) in [7, 11) is 2.17. The van der Waals surface area contributed by atoms with E-state index in [2.05, 4.69) is 46.4 Å². The molecule has 1 heterocycles. The average molecular weight is 367 g/mol. The van der Waals surface area contributed by atoms with Gasteiger partial charge < -0.3 is 19.9 Å². The van der Waals surface area contributed by atoms with Crippen molar-refractivity contribution in [1.82, 2.24) is 10.2 Å². The van der Waals surface area contributed by atoms with E-state index in [1.165, 1.54) is 11.3 Å². The Labute approximate surface area is 161 Å². The Morgan fingerprint density at radius 2 is 1.81 bits per heavy atom. The van der Waals surface area contributed by atoms with Crippen LogP contribution < -0.4 is 15.0 Å². The minimum atomic E-state index is -0.0921. The number of hydrogen-bond acceptors (Lipinski definition) is 4. The predicted molar refractivity (Wildman–Crippen MR) is 110 cm³/mol. The topological polar surface area (TPSA) is 44.8 Å². The molecule has 0 atom stereocenters. The van der Waals surface area contributed by atoms with Crippen molar-refractivity contribution in [3.8, 4) is 5.75 Å². The normalized spacial score (nSPS) is 14.8. The zero-order chi connectivity index (χ0) is 19.1. The molecule has 0 saturated carbocycles. The van der Waals surface area contributed by atoms with Crippen LogP contribution >= 0.6 is 0 Å². The fourth-order valence-corrected chi connectivity index (χ4v) is 3.19. The molecule has 0 bridgehead atoms. The van der Waals surface area contributed by atoms with Gasteiger partial charge in [-0.25, -0.2) is 0 Å². The van der Waals surface area contributed by atoms with Gasteiger partial charge in [0, 0.05) is 38.4 Å². The number of nitrogens with zero attached hydrogens (tertiary/aromatic N) is 2. The van der Waals surface area contributed by atoms with Crippen molar-refractivity contribution in [2.75, 3.05) is 51.3 Å². The van der Waals surface area contributed by atoms with E-state index in [0.717, 1.165) is 43.9 Å². The fraction of sp³-hybridized carbons (Fsp3) is 0.409. The molecule has 27 heavy (non-hydrogen) atoms. The van der Waals surface area contributed by atoms with E-state index in [0.29, 0.717) is 6.54 Å². The summed E-state index contributed by atoms with van der Waals surface area (Å²) < 4.78 is 5.52. The highest BCUT2D eigenvalue weighted by Crippen LogP contribution is 2.17. The van der Waals surface area contributed by atoms with E-state index in [1.807, 2.05) is 31.2 Å². The maximum atomic E-state index is 11.9. The molecule has 5 nitrogen and oxygen atoms in total. The Hall–Kier alpha value is -2.53. The van der Waals surface area contributed by atoms with Gasteiger partial charge in [0.25, 0.3) is 5.91 Å². The maximum Gasteiger partial charge on any atom is 0.257 e. The van der Waals surface area contributed by atoms with E-state index in [9.17, 15) is 4.79 Å². The van der Waals surface area contributed by atoms with Gasteiger partial charge >= 0.3 is 0 Å². The summed E-state index contributed by atoms with van der Waals surface area (Å²) in [5.74, 6) is 0.634. The second-order valence-electron chi connectivity index (χ2n) is 7.16. The van der Waals surface area contributed by atoms with Crippen LogP contribution in [0.4, 0.5) is 5.69 Å². The van der Waals surface area contributed by atoms with Crippen molar-refractivity contribution >= 4 is 11.6 Å². The zero-order valence-corrected chi connectivity index (χ0v) is 16.3. The van der Waals surface area contributed by atoms with E-state index < -0.39 is 0 Å². The van der Waals surface area contributed by atoms with Gasteiger partial charge in [-0.3, -0.25) is 4.79 Å². The number of anilines is 1. The van der Waals surface area contributed by atoms with E-state index in [4.69, 9.17) is 4.74 Å². The van der Waals surface area contributed by atoms with Crippen molar-refractivity contribution in [2.24, 2.45) is 0 Å². The van der Waals surface area contributed by atoms with Crippen molar-refractivity contribution in [1.29, 1.82) is 0 Å². The standard InChI is InChI=1S/C22H29N3O2/c1-18-4-3-5-21(16-18)27-17-22(26)23-11-10-19-6-8-20(9-7-19)25-14-12-24(2)13-15-25/h3-9,16H,10-15,17H2,1-2H3,(H,23,26). The average Bonchev–Trinajstić information content (AvgIpc) is 2.68. The van der Waals surface area contributed by atoms with Gasteiger partial charge in [0.05, 0.1) is 0 Å². The summed E-state index contributed by atoms with van der Waals surface area (Å²) in [6, 6.07) is 16.4. The molecular weight excluding hydrogens is 338 g/mol. The number of ether oxygens (including phenoxy) is 1. The summed E-state index contributed by atoms with van der Waals surface area (Å²) in [5.41, 5.74) is 3.63. The molecule has 3 rings (SSSR count). The molecule has 2 aromatic carbocycles. The smallest absolute Gasteiger partial charge is 0.257 e. The number of carbonyl (C=O) groups excluding carboxylic acids is 1. The first-order valence-corrected chi connectivity index (χ1v) is 9.59. The summed E-state index contributed by atoms with van der Waals surface area (Å²) >= 11 is 0. The molecule has 5 heteroatoms. The summed E-state index contributed by atoms with van der Waals surface area (Å²) in [4.78, 5) is 16.7. The van der Waals surface area contributed by atoms with Gasteiger partial charge in [-0.05, 0) is 55.8 Å². The minimum Gasteiger partial charge on any atom is -0.484 e. The van der Waals surface area contributed by atoms with E-state index in [1.54, 1.807) is 0 Å². The quantitative estimate of drug-likeness (QED) is 0.817. The highest BCUT2D eigenvalue weighted by atomic mass is 16.5. The van der Waals surface area contributed by atoms with Crippen LogP contribution in [0.2, 0.25) is 0 Å². The van der Waals surface area contributed by atoms with E-state index >= 15 is 0 Å². The van der Waals surface area contributed by atoms with Gasteiger partial charge in [-0.15, -0.1) is 0 Å². The highest BCUT2D eigenvalue weighted by molar-refractivity contribution is 5.77. The van der Waals surface area contributed by atoms with Crippen molar-refractivity contribution in [2.45, 2.75) is 13.3 Å². The number of likely N-dealkylation sites (N-methyl/N-ethyl adjacent to an activating group) is 1. The molecule has 0 aliphatic carbocycles. The van der Waals surface area contributed by atoms with Crippen molar-refractivity contribution in [3.63, 3.8) is 0 Å². The lowest BCUT2D eigenvalue weighted by molar-refractivity contribution is -0.123. The molecule has 0 radical (unpaired) electrons. The second kappa shape index (κ2) is 9.42. The van der Waals surface area contributed by atoms with Crippen LogP contribution in [0.5, 0.6) is 5.75 Å². The van der Waals surface area contributed by atoms with Gasteiger partial charge in [-0.2, -0.15) is 0 Å². The largest absolute Gasteiger partial charge is 0.484 e. The SMILES string of the molecule is Cc1cccc(OCC(=O)NCCc2ccc(N3CCN(C)CC3)cc2)c1. The van der Waals surface area contributed by atoms with Crippen LogP contribution in [-0.2, 0) is 11.2 Å².